The van der Waals surface area contributed by atoms with E-state index in [4.69, 9.17) is 14.2 Å². The average Bonchev–Trinajstić information content (AvgIpc) is 3.15. The zero-order valence-corrected chi connectivity index (χ0v) is 16.4. The van der Waals surface area contributed by atoms with E-state index in [0.717, 1.165) is 10.0 Å². The van der Waals surface area contributed by atoms with Crippen molar-refractivity contribution < 1.29 is 23.8 Å². The van der Waals surface area contributed by atoms with Crippen LogP contribution in [0.1, 0.15) is 11.1 Å². The molecule has 0 atom stereocenters. The minimum absolute atomic E-state index is 0.128. The van der Waals surface area contributed by atoms with Gasteiger partial charge in [-0.25, -0.2) is 4.79 Å². The lowest BCUT2D eigenvalue weighted by molar-refractivity contribution is -0.142. The molecular formula is C20H15BrN2O5. The monoisotopic (exact) mass is 442 g/mol. The maximum absolute atomic E-state index is 12.1. The van der Waals surface area contributed by atoms with Gasteiger partial charge < -0.3 is 19.5 Å². The average molecular weight is 443 g/mol. The molecule has 3 rings (SSSR count). The normalized spacial score (nSPS) is 12.2. The predicted molar refractivity (Wildman–Crippen MR) is 105 cm³/mol. The van der Waals surface area contributed by atoms with E-state index in [1.54, 1.807) is 42.5 Å². The molecule has 0 aromatic heterocycles. The summed E-state index contributed by atoms with van der Waals surface area (Å²) in [4.78, 5) is 24.1. The molecule has 1 heterocycles. The highest BCUT2D eigenvalue weighted by atomic mass is 79.9. The van der Waals surface area contributed by atoms with Crippen LogP contribution in [-0.4, -0.2) is 25.3 Å². The van der Waals surface area contributed by atoms with Crippen molar-refractivity contribution in [3.05, 3.63) is 57.6 Å². The van der Waals surface area contributed by atoms with Crippen LogP contribution in [0.5, 0.6) is 11.5 Å². The number of hydrogen-bond donors (Lipinski definition) is 1. The van der Waals surface area contributed by atoms with Crippen LogP contribution in [0.15, 0.2) is 46.4 Å². The van der Waals surface area contributed by atoms with Crippen molar-refractivity contribution >= 4 is 39.6 Å². The Bertz CT molecular complexity index is 1010. The molecule has 1 aliphatic rings. The number of esters is 1. The molecule has 0 saturated carbocycles. The maximum Gasteiger partial charge on any atom is 0.349 e. The summed E-state index contributed by atoms with van der Waals surface area (Å²) < 4.78 is 16.3. The van der Waals surface area contributed by atoms with Gasteiger partial charge in [-0.1, -0.05) is 22.0 Å². The SMILES string of the molecule is Cc1cc(NC(=O)COC(=O)C(C#N)=Cc2ccc3c(c2)OCO3)ccc1Br. The second-order valence-electron chi connectivity index (χ2n) is 5.87. The largest absolute Gasteiger partial charge is 0.454 e. The molecule has 1 aliphatic heterocycles. The summed E-state index contributed by atoms with van der Waals surface area (Å²) in [5.74, 6) is -0.264. The molecule has 142 valence electrons. The van der Waals surface area contributed by atoms with Gasteiger partial charge in [0.15, 0.2) is 18.1 Å². The number of aryl methyl sites for hydroxylation is 1. The molecule has 0 radical (unpaired) electrons. The summed E-state index contributed by atoms with van der Waals surface area (Å²) in [5.41, 5.74) is 1.88. The maximum atomic E-state index is 12.1. The standard InChI is InChI=1S/C20H15BrN2O5/c1-12-6-15(3-4-16(12)21)23-19(24)10-26-20(25)14(9-22)7-13-2-5-17-18(8-13)28-11-27-17/h2-8H,10-11H2,1H3,(H,23,24). The molecule has 2 aromatic rings. The number of ether oxygens (including phenoxy) is 3. The highest BCUT2D eigenvalue weighted by molar-refractivity contribution is 9.10. The minimum Gasteiger partial charge on any atom is -0.454 e. The van der Waals surface area contributed by atoms with Gasteiger partial charge in [-0.3, -0.25) is 4.79 Å². The lowest BCUT2D eigenvalue weighted by Gasteiger charge is -2.08. The first-order valence-electron chi connectivity index (χ1n) is 8.21. The number of nitriles is 1. The first-order chi connectivity index (χ1) is 13.5. The van der Waals surface area contributed by atoms with Gasteiger partial charge in [0.1, 0.15) is 11.6 Å². The van der Waals surface area contributed by atoms with Crippen LogP contribution >= 0.6 is 15.9 Å². The van der Waals surface area contributed by atoms with Crippen molar-refractivity contribution in [3.8, 4) is 17.6 Å². The van der Waals surface area contributed by atoms with Crippen LogP contribution < -0.4 is 14.8 Å². The summed E-state index contributed by atoms with van der Waals surface area (Å²) in [7, 11) is 0. The first-order valence-corrected chi connectivity index (χ1v) is 9.00. The van der Waals surface area contributed by atoms with Crippen molar-refractivity contribution in [1.29, 1.82) is 5.26 Å². The van der Waals surface area contributed by atoms with Crippen molar-refractivity contribution in [2.24, 2.45) is 0 Å². The lowest BCUT2D eigenvalue weighted by atomic mass is 10.1. The van der Waals surface area contributed by atoms with Crippen LogP contribution in [0.25, 0.3) is 6.08 Å². The summed E-state index contributed by atoms with van der Waals surface area (Å²) in [6.45, 7) is 1.51. The molecule has 0 saturated heterocycles. The third-order valence-corrected chi connectivity index (χ3v) is 4.71. The fourth-order valence-electron chi connectivity index (χ4n) is 2.43. The first kappa shape index (κ1) is 19.5. The quantitative estimate of drug-likeness (QED) is 0.431. The van der Waals surface area contributed by atoms with Gasteiger partial charge in [0.2, 0.25) is 6.79 Å². The van der Waals surface area contributed by atoms with Gasteiger partial charge in [0.05, 0.1) is 0 Å². The Balaban J connectivity index is 1.60. The van der Waals surface area contributed by atoms with E-state index < -0.39 is 18.5 Å². The molecule has 0 bridgehead atoms. The van der Waals surface area contributed by atoms with E-state index in [1.165, 1.54) is 6.08 Å². The Morgan fingerprint density at radius 3 is 2.79 bits per heavy atom. The van der Waals surface area contributed by atoms with E-state index in [-0.39, 0.29) is 12.4 Å². The lowest BCUT2D eigenvalue weighted by Crippen LogP contribution is -2.21. The van der Waals surface area contributed by atoms with E-state index in [2.05, 4.69) is 21.2 Å². The number of rotatable bonds is 5. The minimum atomic E-state index is -0.887. The summed E-state index contributed by atoms with van der Waals surface area (Å²) in [6, 6.07) is 12.1. The van der Waals surface area contributed by atoms with Crippen LogP contribution in [0, 0.1) is 18.3 Å². The number of nitrogens with one attached hydrogen (secondary N) is 1. The molecule has 7 nitrogen and oxygen atoms in total. The predicted octanol–water partition coefficient (Wildman–Crippen LogP) is 3.58. The zero-order valence-electron chi connectivity index (χ0n) is 14.8. The second kappa shape index (κ2) is 8.59. The van der Waals surface area contributed by atoms with Gasteiger partial charge in [-0.2, -0.15) is 5.26 Å². The smallest absolute Gasteiger partial charge is 0.349 e. The van der Waals surface area contributed by atoms with Crippen LogP contribution in [0.2, 0.25) is 0 Å². The Morgan fingerprint density at radius 1 is 1.25 bits per heavy atom. The molecule has 0 spiro atoms. The highest BCUT2D eigenvalue weighted by Crippen LogP contribution is 2.33. The van der Waals surface area contributed by atoms with Crippen molar-refractivity contribution in [3.63, 3.8) is 0 Å². The summed E-state index contributed by atoms with van der Waals surface area (Å²) in [5, 5.41) is 11.9. The topological polar surface area (TPSA) is 97.7 Å². The molecule has 8 heteroatoms. The molecule has 2 aromatic carbocycles. The Kier molecular flexibility index (Phi) is 5.96. The van der Waals surface area contributed by atoms with E-state index >= 15 is 0 Å². The van der Waals surface area contributed by atoms with E-state index in [9.17, 15) is 14.9 Å². The number of halogens is 1. The molecule has 0 aliphatic carbocycles. The zero-order chi connectivity index (χ0) is 20.1. The Hall–Kier alpha value is -3.31. The number of nitrogens with zero attached hydrogens (tertiary/aromatic N) is 1. The number of benzene rings is 2. The Labute approximate surface area is 169 Å². The fraction of sp³-hybridized carbons (Fsp3) is 0.150. The second-order valence-corrected chi connectivity index (χ2v) is 6.73. The van der Waals surface area contributed by atoms with Crippen molar-refractivity contribution in [2.45, 2.75) is 6.92 Å². The van der Waals surface area contributed by atoms with E-state index in [0.29, 0.717) is 22.7 Å². The Morgan fingerprint density at radius 2 is 2.04 bits per heavy atom. The third-order valence-electron chi connectivity index (χ3n) is 3.82. The number of amides is 1. The van der Waals surface area contributed by atoms with Crippen LogP contribution in [-0.2, 0) is 14.3 Å². The molecule has 1 N–H and O–H groups in total. The van der Waals surface area contributed by atoms with Gasteiger partial charge in [0, 0.05) is 10.2 Å². The summed E-state index contributed by atoms with van der Waals surface area (Å²) in [6.07, 6.45) is 1.36. The molecule has 0 unspecified atom stereocenters. The van der Waals surface area contributed by atoms with Crippen LogP contribution in [0.3, 0.4) is 0 Å². The summed E-state index contributed by atoms with van der Waals surface area (Å²) >= 11 is 3.38. The molecule has 1 amide bonds. The number of fused-ring (bicyclic) bond motifs is 1. The van der Waals surface area contributed by atoms with Crippen molar-refractivity contribution in [1.82, 2.24) is 0 Å². The third kappa shape index (κ3) is 4.69. The number of carbonyl (C=O) groups is 2. The van der Waals surface area contributed by atoms with Crippen LogP contribution in [0.4, 0.5) is 5.69 Å². The van der Waals surface area contributed by atoms with Gasteiger partial charge in [-0.15, -0.1) is 0 Å². The number of anilines is 1. The van der Waals surface area contributed by atoms with Gasteiger partial charge in [-0.05, 0) is 54.5 Å². The van der Waals surface area contributed by atoms with E-state index in [1.807, 2.05) is 6.92 Å². The van der Waals surface area contributed by atoms with Gasteiger partial charge in [0.25, 0.3) is 5.91 Å². The fourth-order valence-corrected chi connectivity index (χ4v) is 2.68. The number of carbonyl (C=O) groups excluding carboxylic acids is 2. The van der Waals surface area contributed by atoms with Crippen molar-refractivity contribution in [2.75, 3.05) is 18.7 Å². The van der Waals surface area contributed by atoms with Gasteiger partial charge >= 0.3 is 5.97 Å². The molecule has 0 fully saturated rings. The number of hydrogen-bond acceptors (Lipinski definition) is 6. The highest BCUT2D eigenvalue weighted by Gasteiger charge is 2.16. The molecular weight excluding hydrogens is 428 g/mol. The molecule has 28 heavy (non-hydrogen) atoms.